The van der Waals surface area contributed by atoms with Crippen molar-refractivity contribution >= 4 is 11.1 Å². The van der Waals surface area contributed by atoms with Crippen LogP contribution in [0.25, 0.3) is 11.1 Å². The highest BCUT2D eigenvalue weighted by Gasteiger charge is 2.16. The number of methoxy groups -OCH3 is 2. The van der Waals surface area contributed by atoms with Crippen molar-refractivity contribution < 1.29 is 19.0 Å². The quantitative estimate of drug-likeness (QED) is 0.149. The van der Waals surface area contributed by atoms with Gasteiger partial charge in [-0.2, -0.15) is 5.90 Å². The number of likely N-dealkylation sites (N-methyl/N-ethyl adjacent to an activating group) is 1. The lowest BCUT2D eigenvalue weighted by atomic mass is 9.88. The number of rotatable bonds is 13. The lowest BCUT2D eigenvalue weighted by molar-refractivity contribution is 0.228. The molecule has 4 aromatic carbocycles. The van der Waals surface area contributed by atoms with Crippen molar-refractivity contribution in [2.24, 2.45) is 5.90 Å². The molecule has 4 rings (SSSR count). The van der Waals surface area contributed by atoms with E-state index in [1.54, 1.807) is 26.4 Å². The summed E-state index contributed by atoms with van der Waals surface area (Å²) in [5.74, 6) is 7.97. The van der Waals surface area contributed by atoms with E-state index in [-0.39, 0.29) is 0 Å². The van der Waals surface area contributed by atoms with Crippen LogP contribution < -0.4 is 24.9 Å². The van der Waals surface area contributed by atoms with Gasteiger partial charge in [-0.25, -0.2) is 0 Å². The number of nitrogens with zero attached hydrogens (tertiary/aromatic N) is 1. The summed E-state index contributed by atoms with van der Waals surface area (Å²) in [4.78, 5) is 7.02. The SMILES string of the molecule is CCC(=C(c1ccccc1)c1ccc(OCCN(C)Cc2c(OC)cc(ON)cc2OC)cc1)c1ccccc1. The molecule has 0 aliphatic rings. The molecule has 0 heterocycles. The predicted octanol–water partition coefficient (Wildman–Crippen LogP) is 6.84. The number of benzene rings is 4. The van der Waals surface area contributed by atoms with Gasteiger partial charge in [0.1, 0.15) is 23.9 Å². The Kier molecular flexibility index (Phi) is 10.2. The van der Waals surface area contributed by atoms with Crippen molar-refractivity contribution in [3.8, 4) is 23.0 Å². The molecule has 0 aliphatic carbocycles. The van der Waals surface area contributed by atoms with Gasteiger partial charge in [-0.15, -0.1) is 0 Å². The van der Waals surface area contributed by atoms with Gasteiger partial charge >= 0.3 is 0 Å². The zero-order valence-corrected chi connectivity index (χ0v) is 23.7. The first kappa shape index (κ1) is 28.7. The first-order valence-electron chi connectivity index (χ1n) is 13.4. The monoisotopic (exact) mass is 538 g/mol. The molecular formula is C34H38N2O4. The highest BCUT2D eigenvalue weighted by Crippen LogP contribution is 2.36. The molecule has 0 radical (unpaired) electrons. The van der Waals surface area contributed by atoms with Crippen molar-refractivity contribution in [2.75, 3.05) is 34.4 Å². The summed E-state index contributed by atoms with van der Waals surface area (Å²) in [6.07, 6.45) is 0.927. The van der Waals surface area contributed by atoms with E-state index in [0.717, 1.165) is 17.7 Å². The second-order valence-corrected chi connectivity index (χ2v) is 9.47. The maximum Gasteiger partial charge on any atom is 0.154 e. The molecule has 0 saturated heterocycles. The highest BCUT2D eigenvalue weighted by molar-refractivity contribution is 5.98. The Bertz CT molecular complexity index is 1360. The van der Waals surface area contributed by atoms with Crippen LogP contribution in [-0.2, 0) is 6.54 Å². The minimum Gasteiger partial charge on any atom is -0.496 e. The first-order valence-corrected chi connectivity index (χ1v) is 13.4. The van der Waals surface area contributed by atoms with E-state index in [4.69, 9.17) is 24.9 Å². The second-order valence-electron chi connectivity index (χ2n) is 9.47. The van der Waals surface area contributed by atoms with Gasteiger partial charge in [0.15, 0.2) is 5.75 Å². The summed E-state index contributed by atoms with van der Waals surface area (Å²) in [5.41, 5.74) is 7.10. The van der Waals surface area contributed by atoms with Gasteiger partial charge < -0.3 is 19.0 Å². The van der Waals surface area contributed by atoms with Crippen LogP contribution in [0.4, 0.5) is 0 Å². The van der Waals surface area contributed by atoms with E-state index >= 15 is 0 Å². The Morgan fingerprint density at radius 1 is 0.725 bits per heavy atom. The van der Waals surface area contributed by atoms with E-state index in [1.807, 2.05) is 19.2 Å². The lowest BCUT2D eigenvalue weighted by Gasteiger charge is -2.21. The molecule has 0 aromatic heterocycles. The normalized spacial score (nSPS) is 11.7. The lowest BCUT2D eigenvalue weighted by Crippen LogP contribution is -2.24. The fourth-order valence-electron chi connectivity index (χ4n) is 4.85. The van der Waals surface area contributed by atoms with Gasteiger partial charge in [0.05, 0.1) is 19.8 Å². The third-order valence-electron chi connectivity index (χ3n) is 6.87. The van der Waals surface area contributed by atoms with Crippen molar-refractivity contribution in [3.05, 3.63) is 119 Å². The van der Waals surface area contributed by atoms with Crippen LogP contribution in [-0.4, -0.2) is 39.3 Å². The summed E-state index contributed by atoms with van der Waals surface area (Å²) in [5, 5.41) is 0. The van der Waals surface area contributed by atoms with E-state index in [1.165, 1.54) is 27.8 Å². The minimum absolute atomic E-state index is 0.479. The Balaban J connectivity index is 1.46. The Morgan fingerprint density at radius 3 is 1.80 bits per heavy atom. The standard InChI is InChI=1S/C34H38N2O4/c1-5-30(25-12-8-6-9-13-25)34(26-14-10-7-11-15-26)27-16-18-28(19-17-27)39-21-20-36(2)24-31-32(37-3)22-29(40-35)23-33(31)38-4/h6-19,22-23H,5,20-21,24,35H2,1-4H3. The minimum atomic E-state index is 0.479. The summed E-state index contributed by atoms with van der Waals surface area (Å²) in [6, 6.07) is 33.1. The third kappa shape index (κ3) is 7.03. The zero-order valence-electron chi connectivity index (χ0n) is 23.7. The van der Waals surface area contributed by atoms with E-state index in [0.29, 0.717) is 36.9 Å². The molecule has 4 aromatic rings. The predicted molar refractivity (Wildman–Crippen MR) is 162 cm³/mol. The van der Waals surface area contributed by atoms with Gasteiger partial charge in [0.25, 0.3) is 0 Å². The van der Waals surface area contributed by atoms with Crippen LogP contribution in [0.15, 0.2) is 97.1 Å². The van der Waals surface area contributed by atoms with Crippen LogP contribution in [0.5, 0.6) is 23.0 Å². The van der Waals surface area contributed by atoms with Gasteiger partial charge in [0.2, 0.25) is 0 Å². The molecule has 208 valence electrons. The van der Waals surface area contributed by atoms with E-state index in [9.17, 15) is 0 Å². The van der Waals surface area contributed by atoms with Crippen molar-refractivity contribution in [3.63, 3.8) is 0 Å². The largest absolute Gasteiger partial charge is 0.496 e. The van der Waals surface area contributed by atoms with Crippen LogP contribution >= 0.6 is 0 Å². The van der Waals surface area contributed by atoms with Crippen molar-refractivity contribution in [1.29, 1.82) is 0 Å². The molecule has 0 spiro atoms. The maximum atomic E-state index is 6.12. The third-order valence-corrected chi connectivity index (χ3v) is 6.87. The Labute approximate surface area is 237 Å². The fourth-order valence-corrected chi connectivity index (χ4v) is 4.85. The molecule has 0 atom stereocenters. The number of hydrogen-bond donors (Lipinski definition) is 1. The summed E-state index contributed by atoms with van der Waals surface area (Å²) in [6.45, 7) is 4.08. The smallest absolute Gasteiger partial charge is 0.154 e. The van der Waals surface area contributed by atoms with Crippen molar-refractivity contribution in [1.82, 2.24) is 4.90 Å². The van der Waals surface area contributed by atoms with Crippen LogP contribution in [0.2, 0.25) is 0 Å². The molecule has 0 saturated carbocycles. The zero-order chi connectivity index (χ0) is 28.3. The summed E-state index contributed by atoms with van der Waals surface area (Å²) >= 11 is 0. The first-order chi connectivity index (χ1) is 19.6. The van der Waals surface area contributed by atoms with Gasteiger partial charge in [0, 0.05) is 25.2 Å². The number of nitrogens with two attached hydrogens (primary N) is 1. The average Bonchev–Trinajstić information content (AvgIpc) is 3.01. The van der Waals surface area contributed by atoms with Gasteiger partial charge in [-0.05, 0) is 53.4 Å². The Hall–Kier alpha value is -4.26. The van der Waals surface area contributed by atoms with E-state index < -0.39 is 0 Å². The molecule has 0 bridgehead atoms. The van der Waals surface area contributed by atoms with Crippen LogP contribution in [0, 0.1) is 0 Å². The molecule has 2 N–H and O–H groups in total. The van der Waals surface area contributed by atoms with Crippen LogP contribution in [0.1, 0.15) is 35.6 Å². The number of hydrogen-bond acceptors (Lipinski definition) is 6. The molecule has 0 aliphatic heterocycles. The van der Waals surface area contributed by atoms with Gasteiger partial charge in [-0.3, -0.25) is 4.90 Å². The molecule has 6 nitrogen and oxygen atoms in total. The molecule has 40 heavy (non-hydrogen) atoms. The van der Waals surface area contributed by atoms with Gasteiger partial charge in [-0.1, -0.05) is 79.7 Å². The fraction of sp³-hybridized carbons (Fsp3) is 0.235. The molecule has 0 unspecified atom stereocenters. The maximum absolute atomic E-state index is 6.12. The number of allylic oxidation sites excluding steroid dienone is 1. The molecule has 0 fully saturated rings. The summed E-state index contributed by atoms with van der Waals surface area (Å²) in [7, 11) is 5.27. The number of ether oxygens (including phenoxy) is 3. The molecular weight excluding hydrogens is 500 g/mol. The second kappa shape index (κ2) is 14.2. The molecule has 6 heteroatoms. The van der Waals surface area contributed by atoms with Crippen LogP contribution in [0.3, 0.4) is 0 Å². The van der Waals surface area contributed by atoms with Crippen molar-refractivity contribution in [2.45, 2.75) is 19.9 Å². The van der Waals surface area contributed by atoms with E-state index in [2.05, 4.69) is 84.6 Å². The highest BCUT2D eigenvalue weighted by atomic mass is 16.6. The topological polar surface area (TPSA) is 66.2 Å². The summed E-state index contributed by atoms with van der Waals surface area (Å²) < 4.78 is 17.2. The molecule has 0 amide bonds. The Morgan fingerprint density at radius 2 is 1.27 bits per heavy atom. The average molecular weight is 539 g/mol.